The molecule has 0 amide bonds. The molecule has 2 rings (SSSR count). The van der Waals surface area contributed by atoms with E-state index < -0.39 is 11.5 Å². The van der Waals surface area contributed by atoms with Crippen molar-refractivity contribution in [3.63, 3.8) is 0 Å². The van der Waals surface area contributed by atoms with Crippen LogP contribution in [0.1, 0.15) is 31.7 Å². The average molecular weight is 330 g/mol. The van der Waals surface area contributed by atoms with E-state index in [-0.39, 0.29) is 12.2 Å². The topological polar surface area (TPSA) is 40.5 Å². The molecule has 0 bridgehead atoms. The highest BCUT2D eigenvalue weighted by atomic mass is 79.9. The highest BCUT2D eigenvalue weighted by Crippen LogP contribution is 2.36. The first-order valence-electron chi connectivity index (χ1n) is 6.36. The Morgan fingerprint density at radius 2 is 2.11 bits per heavy atom. The number of benzene rings is 1. The molecule has 104 valence electrons. The molecule has 1 unspecified atom stereocenters. The molecule has 3 nitrogen and oxygen atoms in total. The van der Waals surface area contributed by atoms with Crippen LogP contribution in [0.3, 0.4) is 0 Å². The van der Waals surface area contributed by atoms with Crippen molar-refractivity contribution >= 4 is 21.9 Å². The molecule has 0 saturated carbocycles. The molecule has 1 aromatic carbocycles. The molecule has 1 aromatic rings. The van der Waals surface area contributed by atoms with E-state index in [2.05, 4.69) is 20.8 Å². The fourth-order valence-electron chi connectivity index (χ4n) is 2.81. The zero-order chi connectivity index (χ0) is 14.0. The first-order chi connectivity index (χ1) is 8.93. The molecule has 19 heavy (non-hydrogen) atoms. The lowest BCUT2D eigenvalue weighted by atomic mass is 9.86. The molecule has 1 fully saturated rings. The summed E-state index contributed by atoms with van der Waals surface area (Å²) in [7, 11) is 0. The quantitative estimate of drug-likeness (QED) is 0.920. The summed E-state index contributed by atoms with van der Waals surface area (Å²) in [4.78, 5) is 13.2. The number of hydrogen-bond acceptors (Lipinski definition) is 2. The van der Waals surface area contributed by atoms with Crippen LogP contribution >= 0.6 is 15.9 Å². The summed E-state index contributed by atoms with van der Waals surface area (Å²) in [6.45, 7) is 3.46. The second-order valence-corrected chi connectivity index (χ2v) is 6.08. The highest BCUT2D eigenvalue weighted by Gasteiger charge is 2.39. The fraction of sp³-hybridized carbons (Fsp3) is 0.500. The Morgan fingerprint density at radius 3 is 2.63 bits per heavy atom. The van der Waals surface area contributed by atoms with Gasteiger partial charge in [-0.2, -0.15) is 0 Å². The zero-order valence-corrected chi connectivity index (χ0v) is 12.4. The van der Waals surface area contributed by atoms with Crippen LogP contribution in [-0.2, 0) is 10.3 Å². The normalized spacial score (nSPS) is 19.3. The fourth-order valence-corrected chi connectivity index (χ4v) is 3.14. The monoisotopic (exact) mass is 329 g/mol. The maximum absolute atomic E-state index is 14.2. The number of halogens is 2. The molecule has 0 aromatic heterocycles. The average Bonchev–Trinajstić information content (AvgIpc) is 2.81. The number of rotatable bonds is 4. The van der Waals surface area contributed by atoms with Crippen LogP contribution in [0, 0.1) is 5.82 Å². The summed E-state index contributed by atoms with van der Waals surface area (Å²) in [6.07, 6.45) is 1.98. The van der Waals surface area contributed by atoms with Gasteiger partial charge in [0.05, 0.1) is 12.0 Å². The first-order valence-corrected chi connectivity index (χ1v) is 7.15. The minimum Gasteiger partial charge on any atom is -0.481 e. The van der Waals surface area contributed by atoms with Crippen LogP contribution in [0.2, 0.25) is 0 Å². The van der Waals surface area contributed by atoms with Gasteiger partial charge in [0.15, 0.2) is 0 Å². The maximum atomic E-state index is 14.2. The molecular formula is C14H17BrFNO2. The van der Waals surface area contributed by atoms with E-state index in [1.165, 1.54) is 6.07 Å². The maximum Gasteiger partial charge on any atom is 0.305 e. The standard InChI is InChI=1S/C14H17BrFNO2/c1-14(9-13(18)19,17-6-2-3-7-17)11-5-4-10(15)8-12(11)16/h4-5,8H,2-3,6-7,9H2,1H3,(H,18,19). The Morgan fingerprint density at radius 1 is 1.47 bits per heavy atom. The lowest BCUT2D eigenvalue weighted by Crippen LogP contribution is -2.44. The van der Waals surface area contributed by atoms with Gasteiger partial charge in [-0.3, -0.25) is 9.69 Å². The third-order valence-corrected chi connectivity index (χ3v) is 4.30. The Balaban J connectivity index is 2.43. The van der Waals surface area contributed by atoms with Crippen LogP contribution < -0.4 is 0 Å². The van der Waals surface area contributed by atoms with Crippen molar-refractivity contribution in [2.45, 2.75) is 31.7 Å². The van der Waals surface area contributed by atoms with Crippen molar-refractivity contribution in [3.05, 3.63) is 34.1 Å². The van der Waals surface area contributed by atoms with Crippen LogP contribution in [-0.4, -0.2) is 29.1 Å². The van der Waals surface area contributed by atoms with Crippen molar-refractivity contribution in [3.8, 4) is 0 Å². The zero-order valence-electron chi connectivity index (χ0n) is 10.8. The van der Waals surface area contributed by atoms with Gasteiger partial charge < -0.3 is 5.11 Å². The molecule has 1 heterocycles. The van der Waals surface area contributed by atoms with Gasteiger partial charge in [-0.05, 0) is 45.0 Å². The Hall–Kier alpha value is -0.940. The largest absolute Gasteiger partial charge is 0.481 e. The van der Waals surface area contributed by atoms with E-state index >= 15 is 0 Å². The minimum atomic E-state index is -0.906. The Labute approximate surface area is 120 Å². The third kappa shape index (κ3) is 2.98. The Bertz CT molecular complexity index is 488. The number of carbonyl (C=O) groups is 1. The molecule has 0 aliphatic carbocycles. The van der Waals surface area contributed by atoms with Crippen molar-refractivity contribution < 1.29 is 14.3 Å². The summed E-state index contributed by atoms with van der Waals surface area (Å²) in [5, 5.41) is 9.16. The summed E-state index contributed by atoms with van der Waals surface area (Å²) in [5.74, 6) is -1.26. The third-order valence-electron chi connectivity index (χ3n) is 3.81. The van der Waals surface area contributed by atoms with Gasteiger partial charge >= 0.3 is 5.97 Å². The van der Waals surface area contributed by atoms with Crippen LogP contribution in [0.15, 0.2) is 22.7 Å². The van der Waals surface area contributed by atoms with Crippen molar-refractivity contribution in [2.24, 2.45) is 0 Å². The summed E-state index contributed by atoms with van der Waals surface area (Å²) in [6, 6.07) is 4.83. The van der Waals surface area contributed by atoms with Crippen LogP contribution in [0.25, 0.3) is 0 Å². The van der Waals surface area contributed by atoms with E-state index in [0.29, 0.717) is 10.0 Å². The molecule has 1 N–H and O–H groups in total. The van der Waals surface area contributed by atoms with Crippen LogP contribution in [0.5, 0.6) is 0 Å². The van der Waals surface area contributed by atoms with Gasteiger partial charge in [0, 0.05) is 10.0 Å². The number of aliphatic carboxylic acids is 1. The summed E-state index contributed by atoms with van der Waals surface area (Å²) >= 11 is 3.23. The lowest BCUT2D eigenvalue weighted by molar-refractivity contribution is -0.140. The number of hydrogen-bond donors (Lipinski definition) is 1. The summed E-state index contributed by atoms with van der Waals surface area (Å²) < 4.78 is 14.9. The molecule has 1 aliphatic heterocycles. The predicted molar refractivity (Wildman–Crippen MR) is 74.5 cm³/mol. The number of nitrogens with zero attached hydrogens (tertiary/aromatic N) is 1. The SMILES string of the molecule is CC(CC(=O)O)(c1ccc(Br)cc1F)N1CCCC1. The van der Waals surface area contributed by atoms with E-state index in [1.54, 1.807) is 12.1 Å². The van der Waals surface area contributed by atoms with E-state index in [0.717, 1.165) is 25.9 Å². The smallest absolute Gasteiger partial charge is 0.305 e. The lowest BCUT2D eigenvalue weighted by Gasteiger charge is -2.38. The molecule has 5 heteroatoms. The summed E-state index contributed by atoms with van der Waals surface area (Å²) in [5.41, 5.74) is -0.326. The molecule has 1 saturated heterocycles. The van der Waals surface area contributed by atoms with Gasteiger partial charge in [0.2, 0.25) is 0 Å². The van der Waals surface area contributed by atoms with E-state index in [1.807, 2.05) is 6.92 Å². The second-order valence-electron chi connectivity index (χ2n) is 5.16. The van der Waals surface area contributed by atoms with Crippen molar-refractivity contribution in [2.75, 3.05) is 13.1 Å². The van der Waals surface area contributed by atoms with Crippen LogP contribution in [0.4, 0.5) is 4.39 Å². The first kappa shape index (κ1) is 14.5. The number of likely N-dealkylation sites (tertiary alicyclic amines) is 1. The number of carboxylic acid groups (broad SMARTS) is 1. The molecule has 0 radical (unpaired) electrons. The highest BCUT2D eigenvalue weighted by molar-refractivity contribution is 9.10. The second kappa shape index (κ2) is 5.59. The molecule has 0 spiro atoms. The van der Waals surface area contributed by atoms with Gasteiger partial charge in [-0.1, -0.05) is 22.0 Å². The van der Waals surface area contributed by atoms with E-state index in [9.17, 15) is 9.18 Å². The number of carboxylic acids is 1. The molecule has 1 aliphatic rings. The van der Waals surface area contributed by atoms with Gasteiger partial charge in [0.25, 0.3) is 0 Å². The van der Waals surface area contributed by atoms with Gasteiger partial charge in [-0.15, -0.1) is 0 Å². The van der Waals surface area contributed by atoms with Crippen molar-refractivity contribution in [1.29, 1.82) is 0 Å². The van der Waals surface area contributed by atoms with Crippen molar-refractivity contribution in [1.82, 2.24) is 4.90 Å². The molecule has 1 atom stereocenters. The van der Waals surface area contributed by atoms with E-state index in [4.69, 9.17) is 5.11 Å². The van der Waals surface area contributed by atoms with Gasteiger partial charge in [-0.25, -0.2) is 4.39 Å². The minimum absolute atomic E-state index is 0.0917. The predicted octanol–water partition coefficient (Wildman–Crippen LogP) is 3.37. The Kier molecular flexibility index (Phi) is 4.26. The van der Waals surface area contributed by atoms with Gasteiger partial charge in [0.1, 0.15) is 5.82 Å². The molecular weight excluding hydrogens is 313 g/mol.